The highest BCUT2D eigenvalue weighted by atomic mass is 32.2. The number of nitrogens with one attached hydrogen (secondary N) is 1. The highest BCUT2D eigenvalue weighted by Gasteiger charge is 2.33. The molecule has 13 heteroatoms. The van der Waals surface area contributed by atoms with Crippen LogP contribution in [0.1, 0.15) is 16.8 Å². The fraction of sp³-hybridized carbons (Fsp3) is 0.158. The second kappa shape index (κ2) is 7.85. The molecule has 2 heterocycles. The van der Waals surface area contributed by atoms with Crippen LogP contribution in [0.4, 0.5) is 17.2 Å². The molecule has 2 aromatic carbocycles. The smallest absolute Gasteiger partial charge is 0.269 e. The number of carbonyl (C=O) groups is 1. The maximum Gasteiger partial charge on any atom is 0.269 e. The summed E-state index contributed by atoms with van der Waals surface area (Å²) in [5.74, 6) is -0.869. The number of hydrogen-bond donors (Lipinski definition) is 1. The van der Waals surface area contributed by atoms with Gasteiger partial charge in [-0.05, 0) is 17.7 Å². The van der Waals surface area contributed by atoms with Crippen LogP contribution in [0.5, 0.6) is 0 Å². The van der Waals surface area contributed by atoms with Gasteiger partial charge in [-0.1, -0.05) is 12.1 Å². The molecule has 1 amide bonds. The van der Waals surface area contributed by atoms with Gasteiger partial charge < -0.3 is 5.32 Å². The van der Waals surface area contributed by atoms with Gasteiger partial charge >= 0.3 is 0 Å². The number of nitrogens with zero attached hydrogens (tertiary/aromatic N) is 4. The Morgan fingerprint density at radius 1 is 0.969 bits per heavy atom. The van der Waals surface area contributed by atoms with Crippen LogP contribution in [0.15, 0.2) is 48.5 Å². The molecule has 4 rings (SSSR count). The molecule has 1 aliphatic heterocycles. The van der Waals surface area contributed by atoms with Crippen LogP contribution in [0.25, 0.3) is 5.69 Å². The summed E-state index contributed by atoms with van der Waals surface area (Å²) in [5, 5.41) is 28.6. The molecule has 1 N–H and O–H groups in total. The summed E-state index contributed by atoms with van der Waals surface area (Å²) in [5.41, 5.74) is 1.37. The van der Waals surface area contributed by atoms with Crippen molar-refractivity contribution in [3.8, 4) is 5.69 Å². The first kappa shape index (κ1) is 21.1. The number of anilines is 1. The van der Waals surface area contributed by atoms with Gasteiger partial charge in [-0.15, -0.1) is 0 Å². The summed E-state index contributed by atoms with van der Waals surface area (Å²) in [4.78, 5) is 33.2. The fourth-order valence-corrected chi connectivity index (χ4v) is 4.86. The van der Waals surface area contributed by atoms with Crippen LogP contribution in [-0.4, -0.2) is 34.0 Å². The Balaban J connectivity index is 1.64. The maximum atomic E-state index is 12.7. The molecule has 12 nitrogen and oxygen atoms in total. The van der Waals surface area contributed by atoms with E-state index >= 15 is 0 Å². The molecule has 0 spiro atoms. The zero-order chi connectivity index (χ0) is 23.0. The van der Waals surface area contributed by atoms with Crippen LogP contribution in [-0.2, 0) is 32.6 Å². The lowest BCUT2D eigenvalue weighted by Crippen LogP contribution is -2.18. The van der Waals surface area contributed by atoms with Gasteiger partial charge in [0.2, 0.25) is 5.91 Å². The molecule has 1 aliphatic rings. The van der Waals surface area contributed by atoms with Crippen LogP contribution >= 0.6 is 0 Å². The maximum absolute atomic E-state index is 12.7. The van der Waals surface area contributed by atoms with Gasteiger partial charge in [0, 0.05) is 29.8 Å². The van der Waals surface area contributed by atoms with Crippen molar-refractivity contribution in [3.63, 3.8) is 0 Å². The lowest BCUT2D eigenvalue weighted by Gasteiger charge is -2.11. The average molecular weight is 457 g/mol. The summed E-state index contributed by atoms with van der Waals surface area (Å²) in [7, 11) is -3.39. The van der Waals surface area contributed by atoms with Crippen molar-refractivity contribution >= 4 is 32.9 Å². The molecule has 0 atom stereocenters. The van der Waals surface area contributed by atoms with Crippen LogP contribution in [0.3, 0.4) is 0 Å². The number of aromatic nitrogens is 2. The van der Waals surface area contributed by atoms with Gasteiger partial charge in [0.15, 0.2) is 9.84 Å². The molecule has 1 aromatic heterocycles. The van der Waals surface area contributed by atoms with Gasteiger partial charge in [-0.2, -0.15) is 5.10 Å². The molecule has 0 saturated heterocycles. The highest BCUT2D eigenvalue weighted by Crippen LogP contribution is 2.33. The number of hydrogen-bond acceptors (Lipinski definition) is 8. The largest absolute Gasteiger partial charge is 0.310 e. The Morgan fingerprint density at radius 2 is 1.53 bits per heavy atom. The van der Waals surface area contributed by atoms with Crippen LogP contribution in [0.2, 0.25) is 0 Å². The monoisotopic (exact) mass is 457 g/mol. The van der Waals surface area contributed by atoms with Crippen molar-refractivity contribution in [3.05, 3.63) is 85.6 Å². The van der Waals surface area contributed by atoms with E-state index in [1.807, 2.05) is 0 Å². The number of benzene rings is 2. The Kier molecular flexibility index (Phi) is 5.18. The number of sulfone groups is 1. The quantitative estimate of drug-likeness (QED) is 0.434. The number of amides is 1. The molecule has 164 valence electrons. The third kappa shape index (κ3) is 4.18. The topological polar surface area (TPSA) is 167 Å². The molecule has 0 bridgehead atoms. The van der Waals surface area contributed by atoms with E-state index in [4.69, 9.17) is 0 Å². The number of nitro groups is 2. The number of rotatable bonds is 6. The number of carbonyl (C=O) groups excluding carboxylic acids is 1. The van der Waals surface area contributed by atoms with Gasteiger partial charge in [0.25, 0.3) is 11.4 Å². The highest BCUT2D eigenvalue weighted by molar-refractivity contribution is 7.90. The molecule has 32 heavy (non-hydrogen) atoms. The summed E-state index contributed by atoms with van der Waals surface area (Å²) in [6.45, 7) is 0. The first-order valence-corrected chi connectivity index (χ1v) is 11.0. The molecule has 3 aromatic rings. The molecule has 0 fully saturated rings. The number of fused-ring (bicyclic) bond motifs is 1. The molecular formula is C19H15N5O7S. The van der Waals surface area contributed by atoms with Crippen molar-refractivity contribution in [2.75, 3.05) is 5.32 Å². The fourth-order valence-electron chi connectivity index (χ4n) is 3.37. The van der Waals surface area contributed by atoms with E-state index in [0.29, 0.717) is 22.5 Å². The van der Waals surface area contributed by atoms with Gasteiger partial charge in [-0.3, -0.25) is 25.0 Å². The normalized spacial score (nSPS) is 14.0. The number of non-ortho nitro benzene ring substituents is 2. The van der Waals surface area contributed by atoms with Crippen molar-refractivity contribution in [2.45, 2.75) is 17.9 Å². The Labute approximate surface area is 180 Å². The third-order valence-electron chi connectivity index (χ3n) is 4.86. The van der Waals surface area contributed by atoms with E-state index in [1.165, 1.54) is 53.2 Å². The van der Waals surface area contributed by atoms with Crippen LogP contribution < -0.4 is 5.32 Å². The zero-order valence-corrected chi connectivity index (χ0v) is 17.1. The summed E-state index contributed by atoms with van der Waals surface area (Å²) in [6, 6.07) is 10.9. The number of nitro benzene ring substituents is 2. The predicted molar refractivity (Wildman–Crippen MR) is 112 cm³/mol. The zero-order valence-electron chi connectivity index (χ0n) is 16.3. The first-order chi connectivity index (χ1) is 15.1. The second-order valence-corrected chi connectivity index (χ2v) is 9.20. The molecule has 0 unspecified atom stereocenters. The van der Waals surface area contributed by atoms with Crippen molar-refractivity contribution < 1.29 is 23.1 Å². The molecule has 0 aliphatic carbocycles. The van der Waals surface area contributed by atoms with Gasteiger partial charge in [-0.25, -0.2) is 13.1 Å². The summed E-state index contributed by atoms with van der Waals surface area (Å²) < 4.78 is 25.4. The summed E-state index contributed by atoms with van der Waals surface area (Å²) >= 11 is 0. The van der Waals surface area contributed by atoms with Gasteiger partial charge in [0.05, 0.1) is 39.2 Å². The minimum atomic E-state index is -3.39. The minimum Gasteiger partial charge on any atom is -0.310 e. The van der Waals surface area contributed by atoms with E-state index in [0.717, 1.165) is 0 Å². The molecule has 0 radical (unpaired) electrons. The van der Waals surface area contributed by atoms with Crippen molar-refractivity contribution in [1.82, 2.24) is 9.78 Å². The van der Waals surface area contributed by atoms with E-state index in [1.54, 1.807) is 0 Å². The van der Waals surface area contributed by atoms with Gasteiger partial charge in [0.1, 0.15) is 5.82 Å². The first-order valence-electron chi connectivity index (χ1n) is 9.22. The third-order valence-corrected chi connectivity index (χ3v) is 6.30. The Morgan fingerprint density at radius 3 is 2.09 bits per heavy atom. The standard InChI is InChI=1S/C19H15N5O7S/c25-18(9-12-1-3-14(4-2-12)23(26)27)20-19-16-10-32(30,31)11-17(16)21-22(19)13-5-7-15(8-6-13)24(28)29/h1-8H,9-11H2,(H,20,25). The van der Waals surface area contributed by atoms with Crippen molar-refractivity contribution in [2.24, 2.45) is 0 Å². The van der Waals surface area contributed by atoms with E-state index < -0.39 is 25.6 Å². The lowest BCUT2D eigenvalue weighted by molar-refractivity contribution is -0.385. The van der Waals surface area contributed by atoms with Crippen molar-refractivity contribution in [1.29, 1.82) is 0 Å². The van der Waals surface area contributed by atoms with E-state index in [-0.39, 0.29) is 35.1 Å². The van der Waals surface area contributed by atoms with Crippen LogP contribution in [0, 0.1) is 20.2 Å². The Hall–Kier alpha value is -4.13. The van der Waals surface area contributed by atoms with E-state index in [9.17, 15) is 33.4 Å². The Bertz CT molecular complexity index is 1350. The summed E-state index contributed by atoms with van der Waals surface area (Å²) in [6.07, 6.45) is -0.106. The van der Waals surface area contributed by atoms with E-state index in [2.05, 4.69) is 10.4 Å². The minimum absolute atomic E-state index is 0.103. The lowest BCUT2D eigenvalue weighted by atomic mass is 10.1. The average Bonchev–Trinajstić information content (AvgIpc) is 3.20. The molecule has 0 saturated carbocycles. The predicted octanol–water partition coefficient (Wildman–Crippen LogP) is 2.30. The second-order valence-electron chi connectivity index (χ2n) is 7.14. The molecular weight excluding hydrogens is 442 g/mol. The SMILES string of the molecule is O=C(Cc1ccc([N+](=O)[O-])cc1)Nc1c2c(nn1-c1ccc([N+](=O)[O-])cc1)CS(=O)(=O)C2.